The zero-order valence-electron chi connectivity index (χ0n) is 12.0. The van der Waals surface area contributed by atoms with Crippen molar-refractivity contribution in [1.82, 2.24) is 4.90 Å². The molecule has 2 nitrogen and oxygen atoms in total. The Bertz CT molecular complexity index is 665. The number of aryl methyl sites for hydroxylation is 1. The van der Waals surface area contributed by atoms with E-state index in [0.29, 0.717) is 0 Å². The minimum Gasteiger partial charge on any atom is -0.384 e. The van der Waals surface area contributed by atoms with Gasteiger partial charge in [0.05, 0.1) is 0 Å². The molecule has 1 N–H and O–H groups in total. The predicted octanol–water partition coefficient (Wildman–Crippen LogP) is 3.04. The summed E-state index contributed by atoms with van der Waals surface area (Å²) in [5.74, 6) is 5.67. The van der Waals surface area contributed by atoms with Crippen molar-refractivity contribution in [2.75, 3.05) is 13.2 Å². The Morgan fingerprint density at radius 2 is 2.10 bits per heavy atom. The van der Waals surface area contributed by atoms with E-state index in [1.807, 2.05) is 0 Å². The molecule has 1 aliphatic rings. The fraction of sp³-hybridized carbons (Fsp3) is 0.333. The smallest absolute Gasteiger partial charge is 0.104 e. The Balaban J connectivity index is 1.69. The van der Waals surface area contributed by atoms with E-state index < -0.39 is 0 Å². The third-order valence-electron chi connectivity index (χ3n) is 3.78. The summed E-state index contributed by atoms with van der Waals surface area (Å²) in [7, 11) is 0. The van der Waals surface area contributed by atoms with Gasteiger partial charge in [0.15, 0.2) is 0 Å². The van der Waals surface area contributed by atoms with Crippen molar-refractivity contribution in [2.24, 2.45) is 0 Å². The monoisotopic (exact) mass is 297 g/mol. The first-order valence-corrected chi connectivity index (χ1v) is 8.19. The van der Waals surface area contributed by atoms with Gasteiger partial charge in [0.2, 0.25) is 0 Å². The molecule has 0 amide bonds. The molecule has 108 valence electrons. The number of hydrogen-bond acceptors (Lipinski definition) is 3. The Labute approximate surface area is 130 Å². The minimum atomic E-state index is -0.0753. The number of thiophene rings is 1. The Hall–Kier alpha value is -1.60. The normalized spacial score (nSPS) is 14.9. The van der Waals surface area contributed by atoms with E-state index in [0.717, 1.165) is 25.2 Å². The van der Waals surface area contributed by atoms with E-state index in [9.17, 15) is 0 Å². The lowest BCUT2D eigenvalue weighted by atomic mass is 10.0. The molecule has 0 saturated carbocycles. The highest BCUT2D eigenvalue weighted by Gasteiger charge is 2.14. The average molecular weight is 297 g/mol. The van der Waals surface area contributed by atoms with Gasteiger partial charge in [-0.15, -0.1) is 11.3 Å². The largest absolute Gasteiger partial charge is 0.384 e. The molecule has 21 heavy (non-hydrogen) atoms. The summed E-state index contributed by atoms with van der Waals surface area (Å²) in [5.41, 5.74) is 3.98. The summed E-state index contributed by atoms with van der Waals surface area (Å²) < 4.78 is 0. The lowest BCUT2D eigenvalue weighted by Gasteiger charge is -2.19. The standard InChI is InChI=1S/C18H19NOS/c20-10-4-5-15-11-18(21-14-15)13-19-9-3-8-16-6-1-2-7-17(16)12-19/h1-2,6-7,11,14,20H,3,8-10,12-13H2. The molecule has 1 aromatic carbocycles. The number of rotatable bonds is 2. The van der Waals surface area contributed by atoms with Gasteiger partial charge in [-0.2, -0.15) is 0 Å². The van der Waals surface area contributed by atoms with Crippen LogP contribution < -0.4 is 0 Å². The maximum atomic E-state index is 8.74. The van der Waals surface area contributed by atoms with E-state index in [4.69, 9.17) is 5.11 Å². The van der Waals surface area contributed by atoms with E-state index in [1.54, 1.807) is 11.3 Å². The van der Waals surface area contributed by atoms with Gasteiger partial charge < -0.3 is 5.11 Å². The van der Waals surface area contributed by atoms with Crippen LogP contribution >= 0.6 is 11.3 Å². The van der Waals surface area contributed by atoms with Gasteiger partial charge in [-0.25, -0.2) is 0 Å². The van der Waals surface area contributed by atoms with Crippen LogP contribution in [0.3, 0.4) is 0 Å². The van der Waals surface area contributed by atoms with Crippen molar-refractivity contribution in [1.29, 1.82) is 0 Å². The maximum absolute atomic E-state index is 8.74. The summed E-state index contributed by atoms with van der Waals surface area (Å²) >= 11 is 1.76. The van der Waals surface area contributed by atoms with E-state index >= 15 is 0 Å². The maximum Gasteiger partial charge on any atom is 0.104 e. The van der Waals surface area contributed by atoms with Gasteiger partial charge in [-0.1, -0.05) is 36.1 Å². The molecule has 3 rings (SSSR count). The molecule has 0 spiro atoms. The Kier molecular flexibility index (Phi) is 4.72. The first kappa shape index (κ1) is 14.3. The molecule has 3 heteroatoms. The van der Waals surface area contributed by atoms with Gasteiger partial charge in [-0.3, -0.25) is 4.90 Å². The van der Waals surface area contributed by atoms with Gasteiger partial charge in [0.1, 0.15) is 6.61 Å². The molecule has 0 unspecified atom stereocenters. The third-order valence-corrected chi connectivity index (χ3v) is 4.70. The molecular formula is C18H19NOS. The van der Waals surface area contributed by atoms with E-state index in [2.05, 4.69) is 52.5 Å². The summed E-state index contributed by atoms with van der Waals surface area (Å²) in [6, 6.07) is 10.9. The zero-order chi connectivity index (χ0) is 14.5. The molecule has 0 aliphatic carbocycles. The fourth-order valence-corrected chi connectivity index (χ4v) is 3.65. The highest BCUT2D eigenvalue weighted by molar-refractivity contribution is 7.10. The second-order valence-electron chi connectivity index (χ2n) is 5.34. The van der Waals surface area contributed by atoms with Gasteiger partial charge in [0.25, 0.3) is 0 Å². The quantitative estimate of drug-likeness (QED) is 0.861. The van der Waals surface area contributed by atoms with E-state index in [1.165, 1.54) is 28.8 Å². The second kappa shape index (κ2) is 6.91. The molecule has 0 bridgehead atoms. The van der Waals surface area contributed by atoms with Crippen molar-refractivity contribution in [3.8, 4) is 11.8 Å². The molecule has 1 aromatic heterocycles. The fourth-order valence-electron chi connectivity index (χ4n) is 2.79. The number of aliphatic hydroxyl groups excluding tert-OH is 1. The molecule has 0 saturated heterocycles. The number of benzene rings is 1. The summed E-state index contributed by atoms with van der Waals surface area (Å²) in [4.78, 5) is 3.86. The Morgan fingerprint density at radius 1 is 1.24 bits per heavy atom. The second-order valence-corrected chi connectivity index (χ2v) is 6.34. The van der Waals surface area contributed by atoms with Gasteiger partial charge >= 0.3 is 0 Å². The zero-order valence-corrected chi connectivity index (χ0v) is 12.8. The molecule has 0 fully saturated rings. The van der Waals surface area contributed by atoms with Crippen LogP contribution in [0.15, 0.2) is 35.7 Å². The van der Waals surface area contributed by atoms with Crippen LogP contribution in [0.5, 0.6) is 0 Å². The van der Waals surface area contributed by atoms with Crippen LogP contribution in [-0.2, 0) is 19.5 Å². The topological polar surface area (TPSA) is 23.5 Å². The highest BCUT2D eigenvalue weighted by Crippen LogP contribution is 2.22. The van der Waals surface area contributed by atoms with Gasteiger partial charge in [-0.05, 0) is 36.6 Å². The molecule has 0 radical (unpaired) electrons. The van der Waals surface area contributed by atoms with Crippen LogP contribution in [0.4, 0.5) is 0 Å². The van der Waals surface area contributed by atoms with E-state index in [-0.39, 0.29) is 6.61 Å². The number of hydrogen-bond donors (Lipinski definition) is 1. The third kappa shape index (κ3) is 3.74. The molecule has 2 aromatic rings. The molecule has 0 atom stereocenters. The number of fused-ring (bicyclic) bond motifs is 1. The molecule has 2 heterocycles. The summed E-state index contributed by atoms with van der Waals surface area (Å²) in [5, 5.41) is 10.8. The lowest BCUT2D eigenvalue weighted by molar-refractivity contribution is 0.263. The molecular weight excluding hydrogens is 278 g/mol. The lowest BCUT2D eigenvalue weighted by Crippen LogP contribution is -2.22. The molecule has 1 aliphatic heterocycles. The van der Waals surface area contributed by atoms with Crippen LogP contribution in [0.25, 0.3) is 0 Å². The van der Waals surface area contributed by atoms with Crippen LogP contribution in [-0.4, -0.2) is 23.2 Å². The van der Waals surface area contributed by atoms with Crippen LogP contribution in [0, 0.1) is 11.8 Å². The summed E-state index contributed by atoms with van der Waals surface area (Å²) in [6.45, 7) is 3.09. The highest BCUT2D eigenvalue weighted by atomic mass is 32.1. The SMILES string of the molecule is OCC#Cc1csc(CN2CCCc3ccccc3C2)c1. The Morgan fingerprint density at radius 3 is 2.95 bits per heavy atom. The first-order valence-electron chi connectivity index (χ1n) is 7.31. The minimum absolute atomic E-state index is 0.0753. The van der Waals surface area contributed by atoms with Crippen LogP contribution in [0.1, 0.15) is 28.0 Å². The number of nitrogens with zero attached hydrogens (tertiary/aromatic N) is 1. The first-order chi connectivity index (χ1) is 10.3. The van der Waals surface area contributed by atoms with Crippen molar-refractivity contribution >= 4 is 11.3 Å². The van der Waals surface area contributed by atoms with Crippen LogP contribution in [0.2, 0.25) is 0 Å². The van der Waals surface area contributed by atoms with Crippen molar-refractivity contribution in [3.05, 3.63) is 57.3 Å². The predicted molar refractivity (Wildman–Crippen MR) is 87.2 cm³/mol. The van der Waals surface area contributed by atoms with Gasteiger partial charge in [0, 0.05) is 28.9 Å². The van der Waals surface area contributed by atoms with Crippen molar-refractivity contribution in [3.63, 3.8) is 0 Å². The van der Waals surface area contributed by atoms with Crippen molar-refractivity contribution in [2.45, 2.75) is 25.9 Å². The number of aliphatic hydroxyl groups is 1. The van der Waals surface area contributed by atoms with Crippen molar-refractivity contribution < 1.29 is 5.11 Å². The average Bonchev–Trinajstić information content (AvgIpc) is 2.83. The summed E-state index contributed by atoms with van der Waals surface area (Å²) in [6.07, 6.45) is 2.41.